The maximum Gasteiger partial charge on any atom is 0.269 e. The molecule has 0 bridgehead atoms. The van der Waals surface area contributed by atoms with Crippen LogP contribution in [0.4, 0.5) is 5.69 Å². The molecule has 0 saturated carbocycles. The predicted octanol–water partition coefficient (Wildman–Crippen LogP) is 2.05. The third-order valence-electron chi connectivity index (χ3n) is 5.09. The second-order valence-corrected chi connectivity index (χ2v) is 8.60. The van der Waals surface area contributed by atoms with Gasteiger partial charge in [-0.25, -0.2) is 12.4 Å². The number of carbonyl (C=O) groups is 1. The van der Waals surface area contributed by atoms with Crippen LogP contribution in [0.5, 0.6) is 0 Å². The lowest BCUT2D eigenvalue weighted by molar-refractivity contribution is -0.0979. The van der Waals surface area contributed by atoms with Crippen molar-refractivity contribution in [3.05, 3.63) is 61.1 Å². The van der Waals surface area contributed by atoms with E-state index in [9.17, 15) is 8.42 Å². The first-order valence-corrected chi connectivity index (χ1v) is 10.9. The van der Waals surface area contributed by atoms with Crippen molar-refractivity contribution in [2.75, 3.05) is 31.1 Å². The number of anilines is 1. The molecule has 5 rings (SSSR count). The van der Waals surface area contributed by atoms with Crippen molar-refractivity contribution in [1.29, 1.82) is 0 Å². The van der Waals surface area contributed by atoms with Crippen LogP contribution in [0.25, 0.3) is 21.9 Å². The lowest BCUT2D eigenvalue weighted by Gasteiger charge is -2.28. The molecule has 1 N–H and O–H groups in total. The second-order valence-electron chi connectivity index (χ2n) is 6.79. The zero-order valence-electron chi connectivity index (χ0n) is 16.2. The molecule has 30 heavy (non-hydrogen) atoms. The molecule has 0 radical (unpaired) electrons. The van der Waals surface area contributed by atoms with E-state index < -0.39 is 10.0 Å². The summed E-state index contributed by atoms with van der Waals surface area (Å²) < 4.78 is 28.2. The Hall–Kier alpha value is -3.30. The van der Waals surface area contributed by atoms with Crippen LogP contribution in [0.2, 0.25) is 0 Å². The van der Waals surface area contributed by atoms with E-state index in [0.29, 0.717) is 11.0 Å². The molecule has 1 fully saturated rings. The minimum absolute atomic E-state index is 0.166. The number of rotatable bonds is 3. The molecule has 9 heteroatoms. The number of nitrogens with one attached hydrogen (secondary N) is 1. The van der Waals surface area contributed by atoms with Crippen molar-refractivity contribution >= 4 is 44.4 Å². The van der Waals surface area contributed by atoms with Crippen LogP contribution in [0, 0.1) is 0 Å². The van der Waals surface area contributed by atoms with Crippen LogP contribution < -0.4 is 10.2 Å². The number of nitrogens with zero attached hydrogens (tertiary/aromatic N) is 4. The molecule has 0 amide bonds. The molecule has 0 spiro atoms. The van der Waals surface area contributed by atoms with Crippen molar-refractivity contribution in [2.24, 2.45) is 0 Å². The molecule has 4 heterocycles. The van der Waals surface area contributed by atoms with Crippen molar-refractivity contribution in [1.82, 2.24) is 19.3 Å². The first kappa shape index (κ1) is 20.0. The number of aromatic nitrogens is 3. The van der Waals surface area contributed by atoms with Crippen LogP contribution in [0.3, 0.4) is 0 Å². The van der Waals surface area contributed by atoms with Gasteiger partial charge in [0.05, 0.1) is 16.7 Å². The van der Waals surface area contributed by atoms with Crippen molar-refractivity contribution in [3.8, 4) is 0 Å². The van der Waals surface area contributed by atoms with Crippen LogP contribution >= 0.6 is 0 Å². The zero-order valence-corrected chi connectivity index (χ0v) is 17.0. The Morgan fingerprint density at radius 3 is 2.57 bits per heavy atom. The zero-order chi connectivity index (χ0) is 21.1. The van der Waals surface area contributed by atoms with E-state index in [1.165, 1.54) is 10.2 Å². The van der Waals surface area contributed by atoms with Gasteiger partial charge in [-0.2, -0.15) is 0 Å². The lowest BCUT2D eigenvalue weighted by Crippen LogP contribution is -2.43. The highest BCUT2D eigenvalue weighted by Gasteiger charge is 2.25. The summed E-state index contributed by atoms with van der Waals surface area (Å²) in [5.74, 6) is 0. The van der Waals surface area contributed by atoms with Gasteiger partial charge in [0, 0.05) is 50.2 Å². The lowest BCUT2D eigenvalue weighted by atomic mass is 10.2. The number of fused-ring (bicyclic) bond motifs is 2. The molecule has 1 aromatic carbocycles. The molecular weight excluding hydrogens is 402 g/mol. The molecular formula is C21H21N5O3S. The molecule has 3 aromatic heterocycles. The van der Waals surface area contributed by atoms with E-state index in [0.717, 1.165) is 42.8 Å². The number of hydrogen-bond donors (Lipinski definition) is 1. The smallest absolute Gasteiger partial charge is 0.269 e. The predicted molar refractivity (Wildman–Crippen MR) is 116 cm³/mol. The fraction of sp³-hybridized carbons (Fsp3) is 0.190. The van der Waals surface area contributed by atoms with Crippen LogP contribution in [0.15, 0.2) is 66.0 Å². The number of hydrogen-bond acceptors (Lipinski definition) is 7. The molecule has 8 nitrogen and oxygen atoms in total. The molecule has 0 atom stereocenters. The maximum atomic E-state index is 13.5. The summed E-state index contributed by atoms with van der Waals surface area (Å²) in [7, 11) is -3.80. The van der Waals surface area contributed by atoms with E-state index >= 15 is 0 Å². The maximum absolute atomic E-state index is 13.5. The molecule has 0 aliphatic carbocycles. The van der Waals surface area contributed by atoms with Gasteiger partial charge in [-0.1, -0.05) is 18.2 Å². The number of pyridine rings is 2. The van der Waals surface area contributed by atoms with Gasteiger partial charge in [0.2, 0.25) is 0 Å². The monoisotopic (exact) mass is 423 g/mol. The van der Waals surface area contributed by atoms with Gasteiger partial charge in [-0.05, 0) is 24.3 Å². The Morgan fingerprint density at radius 2 is 1.77 bits per heavy atom. The SMILES string of the molecule is C=O.O=S(=O)(c1cnc2ccccc2c1)n1cc(N2CCNCC2)c2ncccc21. The van der Waals surface area contributed by atoms with Gasteiger partial charge >= 0.3 is 0 Å². The van der Waals surface area contributed by atoms with Crippen LogP contribution in [0.1, 0.15) is 0 Å². The summed E-state index contributed by atoms with van der Waals surface area (Å²) in [5.41, 5.74) is 2.88. The Bertz CT molecular complexity index is 1300. The Morgan fingerprint density at radius 1 is 1.00 bits per heavy atom. The van der Waals surface area contributed by atoms with E-state index in [1.807, 2.05) is 31.1 Å². The Kier molecular flexibility index (Phi) is 5.47. The summed E-state index contributed by atoms with van der Waals surface area (Å²) >= 11 is 0. The third kappa shape index (κ3) is 3.42. The summed E-state index contributed by atoms with van der Waals surface area (Å²) in [5, 5.41) is 4.11. The van der Waals surface area contributed by atoms with Crippen molar-refractivity contribution in [3.63, 3.8) is 0 Å². The van der Waals surface area contributed by atoms with E-state index in [4.69, 9.17) is 4.79 Å². The highest BCUT2D eigenvalue weighted by Crippen LogP contribution is 2.31. The van der Waals surface area contributed by atoms with Gasteiger partial charge in [0.15, 0.2) is 0 Å². The second kappa shape index (κ2) is 8.21. The van der Waals surface area contributed by atoms with Gasteiger partial charge < -0.3 is 15.0 Å². The molecule has 1 aliphatic heterocycles. The standard InChI is InChI=1S/C20H19N5O2S.CH2O/c26-28(27,16-12-15-4-1-2-5-17(15)23-13-16)25-14-19(24-10-8-21-9-11-24)20-18(25)6-3-7-22-20;1-2/h1-7,12-14,21H,8-11H2;1H2. The van der Waals surface area contributed by atoms with Gasteiger partial charge in [0.1, 0.15) is 17.2 Å². The first-order chi connectivity index (χ1) is 14.6. The number of para-hydroxylation sites is 1. The number of carbonyl (C=O) groups excluding carboxylic acids is 1. The molecule has 1 aliphatic rings. The van der Waals surface area contributed by atoms with Gasteiger partial charge in [-0.15, -0.1) is 0 Å². The topological polar surface area (TPSA) is 97.2 Å². The van der Waals surface area contributed by atoms with E-state index in [1.54, 1.807) is 30.6 Å². The fourth-order valence-corrected chi connectivity index (χ4v) is 4.99. The Labute approximate surface area is 174 Å². The van der Waals surface area contributed by atoms with E-state index in [-0.39, 0.29) is 4.90 Å². The normalized spacial score (nSPS) is 14.5. The molecule has 0 unspecified atom stereocenters. The number of piperazine rings is 1. The average Bonchev–Trinajstić information content (AvgIpc) is 3.21. The number of benzene rings is 1. The summed E-state index contributed by atoms with van der Waals surface area (Å²) in [6, 6.07) is 12.7. The first-order valence-electron chi connectivity index (χ1n) is 9.45. The summed E-state index contributed by atoms with van der Waals surface area (Å²) in [4.78, 5) is 19.1. The third-order valence-corrected chi connectivity index (χ3v) is 6.72. The van der Waals surface area contributed by atoms with Gasteiger partial charge in [0.25, 0.3) is 10.0 Å². The van der Waals surface area contributed by atoms with Crippen molar-refractivity contribution < 1.29 is 13.2 Å². The largest absolute Gasteiger partial charge is 0.366 e. The molecule has 4 aromatic rings. The highest BCUT2D eigenvalue weighted by atomic mass is 32.2. The molecule has 154 valence electrons. The quantitative estimate of drug-likeness (QED) is 0.539. The van der Waals surface area contributed by atoms with Crippen LogP contribution in [-0.4, -0.2) is 55.3 Å². The average molecular weight is 423 g/mol. The minimum atomic E-state index is -3.80. The van der Waals surface area contributed by atoms with Crippen LogP contribution in [-0.2, 0) is 14.8 Å². The Balaban J connectivity index is 0.00000106. The van der Waals surface area contributed by atoms with E-state index in [2.05, 4.69) is 20.2 Å². The highest BCUT2D eigenvalue weighted by molar-refractivity contribution is 7.90. The summed E-state index contributed by atoms with van der Waals surface area (Å²) in [6.07, 6.45) is 4.81. The summed E-state index contributed by atoms with van der Waals surface area (Å²) in [6.45, 7) is 5.35. The molecule has 1 saturated heterocycles. The minimum Gasteiger partial charge on any atom is -0.366 e. The fourth-order valence-electron chi connectivity index (χ4n) is 3.66. The van der Waals surface area contributed by atoms with Gasteiger partial charge in [-0.3, -0.25) is 9.97 Å². The van der Waals surface area contributed by atoms with Crippen molar-refractivity contribution in [2.45, 2.75) is 4.90 Å².